The average molecular weight is 490 g/mol. The highest BCUT2D eigenvalue weighted by Gasteiger charge is 2.31. The number of carbonyl (C=O) groups is 1. The second-order valence-corrected chi connectivity index (χ2v) is 10.5. The fraction of sp³-hybridized carbons (Fsp3) is 0.480. The first-order valence-electron chi connectivity index (χ1n) is 11.5. The largest absolute Gasteiger partial charge is 0.497 e. The minimum Gasteiger partial charge on any atom is -0.497 e. The molecule has 1 N–H and O–H groups in total. The molecule has 1 aliphatic rings. The SMILES string of the molecule is COc1ccc(OC)c(N(C(C)C(=O)NCc2ccc(CN3CCCCC3)cc2)S(C)(=O)=O)c1. The summed E-state index contributed by atoms with van der Waals surface area (Å²) in [6.45, 7) is 5.08. The number of nitrogens with one attached hydrogen (secondary N) is 1. The van der Waals surface area contributed by atoms with E-state index in [4.69, 9.17) is 9.47 Å². The van der Waals surface area contributed by atoms with Crippen LogP contribution in [0.1, 0.15) is 37.3 Å². The van der Waals surface area contributed by atoms with Gasteiger partial charge >= 0.3 is 0 Å². The molecule has 34 heavy (non-hydrogen) atoms. The lowest BCUT2D eigenvalue weighted by molar-refractivity contribution is -0.122. The molecule has 3 rings (SSSR count). The number of piperidine rings is 1. The van der Waals surface area contributed by atoms with Crippen molar-refractivity contribution < 1.29 is 22.7 Å². The number of likely N-dealkylation sites (tertiary alicyclic amines) is 1. The third-order valence-electron chi connectivity index (χ3n) is 6.06. The van der Waals surface area contributed by atoms with E-state index in [0.717, 1.165) is 35.8 Å². The number of hydrogen-bond acceptors (Lipinski definition) is 6. The first-order chi connectivity index (χ1) is 16.2. The van der Waals surface area contributed by atoms with Crippen LogP contribution in [-0.2, 0) is 27.9 Å². The minimum atomic E-state index is -3.79. The lowest BCUT2D eigenvalue weighted by Gasteiger charge is -2.29. The molecule has 1 atom stereocenters. The van der Waals surface area contributed by atoms with Crippen molar-refractivity contribution in [2.45, 2.75) is 45.3 Å². The molecule has 1 fully saturated rings. The van der Waals surface area contributed by atoms with Crippen molar-refractivity contribution in [2.24, 2.45) is 0 Å². The quantitative estimate of drug-likeness (QED) is 0.552. The number of sulfonamides is 1. The molecule has 1 aliphatic heterocycles. The zero-order valence-electron chi connectivity index (χ0n) is 20.4. The number of rotatable bonds is 10. The Bertz CT molecular complexity index is 1070. The third kappa shape index (κ3) is 6.64. The Hall–Kier alpha value is -2.78. The van der Waals surface area contributed by atoms with Crippen LogP contribution in [0, 0.1) is 0 Å². The predicted molar refractivity (Wildman–Crippen MR) is 134 cm³/mol. The molecule has 0 spiro atoms. The van der Waals surface area contributed by atoms with E-state index in [2.05, 4.69) is 22.3 Å². The molecular weight excluding hydrogens is 454 g/mol. The van der Waals surface area contributed by atoms with Gasteiger partial charge in [0.2, 0.25) is 15.9 Å². The Morgan fingerprint density at radius 1 is 1.03 bits per heavy atom. The van der Waals surface area contributed by atoms with Gasteiger partial charge in [0.15, 0.2) is 0 Å². The van der Waals surface area contributed by atoms with Gasteiger partial charge < -0.3 is 14.8 Å². The highest BCUT2D eigenvalue weighted by atomic mass is 32.2. The van der Waals surface area contributed by atoms with Gasteiger partial charge in [-0.3, -0.25) is 14.0 Å². The van der Waals surface area contributed by atoms with E-state index in [9.17, 15) is 13.2 Å². The van der Waals surface area contributed by atoms with Crippen LogP contribution in [0.4, 0.5) is 5.69 Å². The number of nitrogens with zero attached hydrogens (tertiary/aromatic N) is 2. The van der Waals surface area contributed by atoms with Gasteiger partial charge in [0.1, 0.15) is 17.5 Å². The van der Waals surface area contributed by atoms with Crippen molar-refractivity contribution in [2.75, 3.05) is 37.9 Å². The summed E-state index contributed by atoms with van der Waals surface area (Å²) >= 11 is 0. The molecule has 2 aromatic rings. The van der Waals surface area contributed by atoms with Crippen molar-refractivity contribution in [1.29, 1.82) is 0 Å². The van der Waals surface area contributed by atoms with E-state index in [1.54, 1.807) is 25.1 Å². The van der Waals surface area contributed by atoms with Crippen molar-refractivity contribution in [3.63, 3.8) is 0 Å². The summed E-state index contributed by atoms with van der Waals surface area (Å²) in [5, 5.41) is 2.86. The molecular formula is C25H35N3O5S. The standard InChI is InChI=1S/C25H35N3O5S/c1-19(28(34(4,30)31)23-16-22(32-2)12-13-24(23)33-3)25(29)26-17-20-8-10-21(11-9-20)18-27-14-6-5-7-15-27/h8-13,16,19H,5-7,14-15,17-18H2,1-4H3,(H,26,29). The molecule has 0 aromatic heterocycles. The van der Waals surface area contributed by atoms with Crippen molar-refractivity contribution >= 4 is 21.6 Å². The Kier molecular flexibility index (Phi) is 8.79. The summed E-state index contributed by atoms with van der Waals surface area (Å²) < 4.78 is 37.0. The molecule has 1 amide bonds. The van der Waals surface area contributed by atoms with Crippen LogP contribution < -0.4 is 19.1 Å². The Morgan fingerprint density at radius 2 is 1.68 bits per heavy atom. The van der Waals surface area contributed by atoms with Crippen molar-refractivity contribution in [3.8, 4) is 11.5 Å². The van der Waals surface area contributed by atoms with Gasteiger partial charge in [-0.1, -0.05) is 30.7 Å². The maximum absolute atomic E-state index is 13.0. The van der Waals surface area contributed by atoms with Gasteiger partial charge in [0, 0.05) is 19.2 Å². The molecule has 8 nitrogen and oxygen atoms in total. The van der Waals surface area contributed by atoms with E-state index in [-0.39, 0.29) is 5.69 Å². The molecule has 1 heterocycles. The average Bonchev–Trinajstić information content (AvgIpc) is 2.83. The zero-order chi connectivity index (χ0) is 24.7. The molecule has 186 valence electrons. The number of amides is 1. The van der Waals surface area contributed by atoms with Crippen LogP contribution in [0.3, 0.4) is 0 Å². The number of benzene rings is 2. The first-order valence-corrected chi connectivity index (χ1v) is 13.4. The number of methoxy groups -OCH3 is 2. The smallest absolute Gasteiger partial charge is 0.243 e. The van der Waals surface area contributed by atoms with Crippen LogP contribution in [-0.4, -0.2) is 58.8 Å². The van der Waals surface area contributed by atoms with Gasteiger partial charge in [0.05, 0.1) is 26.2 Å². The maximum atomic E-state index is 13.0. The predicted octanol–water partition coefficient (Wildman–Crippen LogP) is 3.16. The molecule has 0 aliphatic carbocycles. The van der Waals surface area contributed by atoms with Crippen LogP contribution in [0.15, 0.2) is 42.5 Å². The Labute approximate surface area is 202 Å². The van der Waals surface area contributed by atoms with E-state index < -0.39 is 22.0 Å². The van der Waals surface area contributed by atoms with Gasteiger partial charge in [0.25, 0.3) is 0 Å². The van der Waals surface area contributed by atoms with E-state index in [1.165, 1.54) is 39.0 Å². The molecule has 0 radical (unpaired) electrons. The molecule has 1 unspecified atom stereocenters. The summed E-state index contributed by atoms with van der Waals surface area (Å²) in [7, 11) is -0.850. The fourth-order valence-electron chi connectivity index (χ4n) is 4.23. The van der Waals surface area contributed by atoms with E-state index in [1.807, 2.05) is 12.1 Å². The molecule has 1 saturated heterocycles. The summed E-state index contributed by atoms with van der Waals surface area (Å²) in [5.74, 6) is 0.379. The highest BCUT2D eigenvalue weighted by Crippen LogP contribution is 2.35. The fourth-order valence-corrected chi connectivity index (χ4v) is 5.40. The summed E-state index contributed by atoms with van der Waals surface area (Å²) in [4.78, 5) is 15.4. The lowest BCUT2D eigenvalue weighted by atomic mass is 10.1. The molecule has 2 aromatic carbocycles. The van der Waals surface area contributed by atoms with Crippen LogP contribution in [0.25, 0.3) is 0 Å². The Balaban J connectivity index is 1.68. The van der Waals surface area contributed by atoms with Crippen LogP contribution in [0.2, 0.25) is 0 Å². The third-order valence-corrected chi connectivity index (χ3v) is 7.28. The van der Waals surface area contributed by atoms with E-state index >= 15 is 0 Å². The Morgan fingerprint density at radius 3 is 2.26 bits per heavy atom. The van der Waals surface area contributed by atoms with Gasteiger partial charge in [-0.2, -0.15) is 0 Å². The zero-order valence-corrected chi connectivity index (χ0v) is 21.2. The normalized spacial score (nSPS) is 15.4. The van der Waals surface area contributed by atoms with Crippen molar-refractivity contribution in [3.05, 3.63) is 53.6 Å². The van der Waals surface area contributed by atoms with Crippen LogP contribution >= 0.6 is 0 Å². The van der Waals surface area contributed by atoms with Gasteiger partial charge in [-0.25, -0.2) is 8.42 Å². The minimum absolute atomic E-state index is 0.245. The summed E-state index contributed by atoms with van der Waals surface area (Å²) in [6.07, 6.45) is 4.90. The second kappa shape index (κ2) is 11.6. The summed E-state index contributed by atoms with van der Waals surface area (Å²) in [5.41, 5.74) is 2.44. The second-order valence-electron chi connectivity index (χ2n) is 8.64. The highest BCUT2D eigenvalue weighted by molar-refractivity contribution is 7.92. The monoisotopic (exact) mass is 489 g/mol. The first kappa shape index (κ1) is 25.8. The molecule has 0 bridgehead atoms. The molecule has 9 heteroatoms. The molecule has 0 saturated carbocycles. The topological polar surface area (TPSA) is 88.2 Å². The van der Waals surface area contributed by atoms with Crippen LogP contribution in [0.5, 0.6) is 11.5 Å². The lowest BCUT2D eigenvalue weighted by Crippen LogP contribution is -2.47. The number of anilines is 1. The number of hydrogen-bond donors (Lipinski definition) is 1. The maximum Gasteiger partial charge on any atom is 0.243 e. The van der Waals surface area contributed by atoms with Crippen molar-refractivity contribution in [1.82, 2.24) is 10.2 Å². The number of carbonyl (C=O) groups excluding carboxylic acids is 1. The summed E-state index contributed by atoms with van der Waals surface area (Å²) in [6, 6.07) is 12.0. The van der Waals surface area contributed by atoms with E-state index in [0.29, 0.717) is 18.0 Å². The van der Waals surface area contributed by atoms with Gasteiger partial charge in [-0.05, 0) is 56.1 Å². The number of ether oxygens (including phenoxy) is 2. The van der Waals surface area contributed by atoms with Gasteiger partial charge in [-0.15, -0.1) is 0 Å².